The van der Waals surface area contributed by atoms with Gasteiger partial charge in [0.15, 0.2) is 5.78 Å². The Morgan fingerprint density at radius 3 is 2.36 bits per heavy atom. The van der Waals surface area contributed by atoms with Crippen LogP contribution in [0.1, 0.15) is 44.3 Å². The van der Waals surface area contributed by atoms with Crippen molar-refractivity contribution in [3.05, 3.63) is 105 Å². The van der Waals surface area contributed by atoms with Crippen molar-refractivity contribution in [2.75, 3.05) is 0 Å². The largest absolute Gasteiger partial charge is 0.506 e. The Morgan fingerprint density at radius 1 is 0.939 bits per heavy atom. The fraction of sp³-hybridized carbons (Fsp3) is 0.111. The molecule has 5 nitrogen and oxygen atoms in total. The van der Waals surface area contributed by atoms with E-state index in [9.17, 15) is 14.7 Å². The minimum absolute atomic E-state index is 0.0719. The molecule has 1 heterocycles. The van der Waals surface area contributed by atoms with Crippen LogP contribution in [0, 0.1) is 0 Å². The predicted molar refractivity (Wildman–Crippen MR) is 128 cm³/mol. The minimum Gasteiger partial charge on any atom is -0.506 e. The number of carboxylic acids is 1. The van der Waals surface area contributed by atoms with Gasteiger partial charge in [-0.15, -0.1) is 0 Å². The fourth-order valence-electron chi connectivity index (χ4n) is 3.63. The lowest BCUT2D eigenvalue weighted by molar-refractivity contribution is 0.0696. The molecule has 3 aromatic carbocycles. The molecule has 0 atom stereocenters. The number of hydrogen-bond acceptors (Lipinski definition) is 5. The third-order valence-electron chi connectivity index (χ3n) is 5.33. The molecule has 0 aliphatic carbocycles. The molecule has 1 aromatic heterocycles. The Bertz CT molecular complexity index is 1290. The van der Waals surface area contributed by atoms with E-state index in [0.29, 0.717) is 24.3 Å². The van der Waals surface area contributed by atoms with Crippen molar-refractivity contribution in [2.24, 2.45) is 0 Å². The number of rotatable bonds is 8. The standard InChI is InChI=1S/C27H22O5S/c1-17(28)23-9-10-24(25(26(23)29)22-11-12-33-16-22)32-15-19-7-5-18(6-8-19)13-20-3-2-4-21(14-20)27(30)31/h2-12,14,16,29H,13,15H2,1H3,(H,30,31). The van der Waals surface area contributed by atoms with Crippen molar-refractivity contribution in [1.82, 2.24) is 0 Å². The van der Waals surface area contributed by atoms with Crippen LogP contribution in [0.2, 0.25) is 0 Å². The van der Waals surface area contributed by atoms with Crippen molar-refractivity contribution in [1.29, 1.82) is 0 Å². The van der Waals surface area contributed by atoms with E-state index in [1.54, 1.807) is 30.3 Å². The van der Waals surface area contributed by atoms with E-state index < -0.39 is 5.97 Å². The summed E-state index contributed by atoms with van der Waals surface area (Å²) < 4.78 is 6.03. The van der Waals surface area contributed by atoms with Crippen LogP contribution in [-0.4, -0.2) is 22.0 Å². The van der Waals surface area contributed by atoms with E-state index in [4.69, 9.17) is 9.84 Å². The van der Waals surface area contributed by atoms with Gasteiger partial charge in [-0.05, 0) is 76.7 Å². The van der Waals surface area contributed by atoms with Crippen LogP contribution in [0.5, 0.6) is 11.5 Å². The number of carbonyl (C=O) groups is 2. The zero-order chi connectivity index (χ0) is 23.4. The lowest BCUT2D eigenvalue weighted by atomic mass is 10.0. The summed E-state index contributed by atoms with van der Waals surface area (Å²) in [6, 6.07) is 20.0. The number of phenols is 1. The first-order chi connectivity index (χ1) is 15.9. The SMILES string of the molecule is CC(=O)c1ccc(OCc2ccc(Cc3cccc(C(=O)O)c3)cc2)c(-c2ccsc2)c1O. The molecule has 0 fully saturated rings. The topological polar surface area (TPSA) is 83.8 Å². The average molecular weight is 459 g/mol. The van der Waals surface area contributed by atoms with Gasteiger partial charge in [-0.25, -0.2) is 4.79 Å². The molecule has 0 radical (unpaired) electrons. The Labute approximate surface area is 195 Å². The molecule has 4 aromatic rings. The Hall–Kier alpha value is -3.90. The number of carboxylic acid groups (broad SMARTS) is 1. The van der Waals surface area contributed by atoms with Gasteiger partial charge in [-0.2, -0.15) is 11.3 Å². The molecule has 33 heavy (non-hydrogen) atoms. The third kappa shape index (κ3) is 5.13. The van der Waals surface area contributed by atoms with E-state index in [1.165, 1.54) is 18.3 Å². The van der Waals surface area contributed by atoms with Gasteiger partial charge in [0.05, 0.1) is 16.7 Å². The van der Waals surface area contributed by atoms with Crippen molar-refractivity contribution in [3.8, 4) is 22.6 Å². The molecule has 0 aliphatic rings. The average Bonchev–Trinajstić information content (AvgIpc) is 3.33. The van der Waals surface area contributed by atoms with E-state index in [-0.39, 0.29) is 22.7 Å². The lowest BCUT2D eigenvalue weighted by Crippen LogP contribution is -2.01. The van der Waals surface area contributed by atoms with Crippen molar-refractivity contribution in [3.63, 3.8) is 0 Å². The molecule has 0 bridgehead atoms. The second kappa shape index (κ2) is 9.71. The number of benzene rings is 3. The first-order valence-corrected chi connectivity index (χ1v) is 11.3. The van der Waals surface area contributed by atoms with Gasteiger partial charge < -0.3 is 14.9 Å². The number of thiophene rings is 1. The van der Waals surface area contributed by atoms with Gasteiger partial charge in [0.25, 0.3) is 0 Å². The Morgan fingerprint density at radius 2 is 1.70 bits per heavy atom. The monoisotopic (exact) mass is 458 g/mol. The van der Waals surface area contributed by atoms with Crippen molar-refractivity contribution in [2.45, 2.75) is 20.0 Å². The summed E-state index contributed by atoms with van der Waals surface area (Å²) in [5.74, 6) is -0.712. The zero-order valence-electron chi connectivity index (χ0n) is 17.9. The highest BCUT2D eigenvalue weighted by Gasteiger charge is 2.18. The van der Waals surface area contributed by atoms with E-state index in [0.717, 1.165) is 22.3 Å². The van der Waals surface area contributed by atoms with Gasteiger partial charge in [0.1, 0.15) is 18.1 Å². The molecule has 0 saturated carbocycles. The maximum atomic E-state index is 11.9. The second-order valence-electron chi connectivity index (χ2n) is 7.69. The molecule has 0 spiro atoms. The molecule has 6 heteroatoms. The highest BCUT2D eigenvalue weighted by molar-refractivity contribution is 7.08. The van der Waals surface area contributed by atoms with Gasteiger partial charge in [-0.3, -0.25) is 4.79 Å². The maximum Gasteiger partial charge on any atom is 0.335 e. The predicted octanol–water partition coefficient (Wildman–Crippen LogP) is 6.19. The normalized spacial score (nSPS) is 10.7. The highest BCUT2D eigenvalue weighted by atomic mass is 32.1. The molecule has 0 saturated heterocycles. The molecule has 0 unspecified atom stereocenters. The molecular weight excluding hydrogens is 436 g/mol. The van der Waals surface area contributed by atoms with Crippen molar-refractivity contribution >= 4 is 23.1 Å². The Kier molecular flexibility index (Phi) is 6.56. The number of Topliss-reactive ketones (excluding diaryl/α,β-unsaturated/α-hetero) is 1. The van der Waals surface area contributed by atoms with E-state index in [1.807, 2.05) is 47.2 Å². The lowest BCUT2D eigenvalue weighted by Gasteiger charge is -2.15. The fourth-order valence-corrected chi connectivity index (χ4v) is 4.27. The first-order valence-electron chi connectivity index (χ1n) is 10.3. The van der Waals surface area contributed by atoms with Crippen LogP contribution in [0.3, 0.4) is 0 Å². The number of aromatic carboxylic acids is 1. The van der Waals surface area contributed by atoms with Gasteiger partial charge >= 0.3 is 5.97 Å². The maximum absolute atomic E-state index is 11.9. The molecule has 2 N–H and O–H groups in total. The number of ketones is 1. The number of carbonyl (C=O) groups excluding carboxylic acids is 1. The third-order valence-corrected chi connectivity index (χ3v) is 6.01. The summed E-state index contributed by atoms with van der Waals surface area (Å²) in [5.41, 5.74) is 4.79. The second-order valence-corrected chi connectivity index (χ2v) is 8.47. The van der Waals surface area contributed by atoms with Crippen LogP contribution in [0.15, 0.2) is 77.5 Å². The summed E-state index contributed by atoms with van der Waals surface area (Å²) in [5, 5.41) is 23.7. The van der Waals surface area contributed by atoms with Crippen molar-refractivity contribution < 1.29 is 24.5 Å². The van der Waals surface area contributed by atoms with Crippen LogP contribution in [0.25, 0.3) is 11.1 Å². The van der Waals surface area contributed by atoms with Gasteiger partial charge in [0, 0.05) is 0 Å². The number of hydrogen-bond donors (Lipinski definition) is 2. The number of phenolic OH excluding ortho intramolecular Hbond substituents is 1. The van der Waals surface area contributed by atoms with Crippen LogP contribution >= 0.6 is 11.3 Å². The molecule has 0 aliphatic heterocycles. The molecule has 0 amide bonds. The van der Waals surface area contributed by atoms with Gasteiger partial charge in [-0.1, -0.05) is 36.4 Å². The summed E-state index contributed by atoms with van der Waals surface area (Å²) in [6.07, 6.45) is 0.630. The van der Waals surface area contributed by atoms with E-state index >= 15 is 0 Å². The smallest absolute Gasteiger partial charge is 0.335 e. The molecule has 166 valence electrons. The Balaban J connectivity index is 1.50. The molecular formula is C27H22O5S. The number of ether oxygens (including phenoxy) is 1. The van der Waals surface area contributed by atoms with Crippen LogP contribution in [0.4, 0.5) is 0 Å². The zero-order valence-corrected chi connectivity index (χ0v) is 18.8. The summed E-state index contributed by atoms with van der Waals surface area (Å²) in [6.45, 7) is 1.72. The molecule has 4 rings (SSSR count). The quantitative estimate of drug-likeness (QED) is 0.308. The first kappa shape index (κ1) is 22.3. The highest BCUT2D eigenvalue weighted by Crippen LogP contribution is 2.41. The minimum atomic E-state index is -0.937. The summed E-state index contributed by atoms with van der Waals surface area (Å²) in [4.78, 5) is 23.0. The summed E-state index contributed by atoms with van der Waals surface area (Å²) in [7, 11) is 0. The summed E-state index contributed by atoms with van der Waals surface area (Å²) >= 11 is 1.50. The van der Waals surface area contributed by atoms with Crippen LogP contribution < -0.4 is 4.74 Å². The van der Waals surface area contributed by atoms with Crippen LogP contribution in [-0.2, 0) is 13.0 Å². The number of aromatic hydroxyl groups is 1. The van der Waals surface area contributed by atoms with E-state index in [2.05, 4.69) is 0 Å². The van der Waals surface area contributed by atoms with Gasteiger partial charge in [0.2, 0.25) is 0 Å².